The molecule has 10 N–H and O–H groups in total. The van der Waals surface area contributed by atoms with Crippen LogP contribution in [0.15, 0.2) is 94.9 Å². The van der Waals surface area contributed by atoms with E-state index in [2.05, 4.69) is 31.3 Å². The topological polar surface area (TPSA) is 349 Å². The smallest absolute Gasteiger partial charge is 0.326 e. The molecule has 71 heavy (non-hydrogen) atoms. The molecule has 0 saturated heterocycles. The van der Waals surface area contributed by atoms with E-state index in [-0.39, 0.29) is 119 Å². The average molecular weight is 1070 g/mol. The second-order valence-electron chi connectivity index (χ2n) is 14.6. The maximum atomic E-state index is 12.4. The van der Waals surface area contributed by atoms with Gasteiger partial charge < -0.3 is 42.9 Å². The first-order valence-electron chi connectivity index (χ1n) is 20.4. The number of ketones is 2. The lowest BCUT2D eigenvalue weighted by Gasteiger charge is -2.15. The third kappa shape index (κ3) is 20.2. The number of hydrogen-bond acceptors (Lipinski definition) is 12. The molecular weight excluding hydrogens is 1030 g/mol. The van der Waals surface area contributed by atoms with Crippen LogP contribution in [0.4, 0.5) is 0 Å². The van der Waals surface area contributed by atoms with E-state index in [0.717, 1.165) is 0 Å². The van der Waals surface area contributed by atoms with Gasteiger partial charge in [-0.25, -0.2) is 9.59 Å². The van der Waals surface area contributed by atoms with E-state index in [1.807, 2.05) is 0 Å². The number of nitrogens with one attached hydrogen (secondary N) is 4. The zero-order valence-electron chi connectivity index (χ0n) is 37.0. The minimum atomic E-state index is -1.37. The largest absolute Gasteiger partial charge is 0.480 e. The minimum absolute atomic E-state index is 0. The number of hydrogen-bond donors (Lipinski definition) is 8. The van der Waals surface area contributed by atoms with Crippen LogP contribution in [0.3, 0.4) is 0 Å². The Bertz CT molecular complexity index is 2570. The van der Waals surface area contributed by atoms with E-state index in [1.165, 1.54) is 48.5 Å². The molecule has 2 atom stereocenters. The summed E-state index contributed by atoms with van der Waals surface area (Å²) >= 11 is 23.9. The molecule has 0 aliphatic carbocycles. The molecule has 0 aliphatic rings. The van der Waals surface area contributed by atoms with Crippen molar-refractivity contribution in [2.24, 2.45) is 21.5 Å². The Morgan fingerprint density at radius 2 is 0.873 bits per heavy atom. The van der Waals surface area contributed by atoms with E-state index in [9.17, 15) is 48.6 Å². The number of aliphatic carboxylic acids is 2. The number of carbonyl (C=O) groups is 8. The van der Waals surface area contributed by atoms with Gasteiger partial charge in [-0.15, -0.1) is 0 Å². The first-order chi connectivity index (χ1) is 33.2. The van der Waals surface area contributed by atoms with Gasteiger partial charge in [0.25, 0.3) is 23.6 Å². The summed E-state index contributed by atoms with van der Waals surface area (Å²) < 4.78 is 0. The Morgan fingerprint density at radius 3 is 1.18 bits per heavy atom. The Balaban J connectivity index is 0.000000480. The van der Waals surface area contributed by atoms with Crippen molar-refractivity contribution >= 4 is 119 Å². The lowest BCUT2D eigenvalue weighted by Crippen LogP contribution is -2.41. The van der Waals surface area contributed by atoms with E-state index in [0.29, 0.717) is 11.1 Å². The third-order valence-corrected chi connectivity index (χ3v) is 10.7. The Morgan fingerprint density at radius 1 is 0.549 bits per heavy atom. The number of nitrogens with zero attached hydrogens (tertiary/aromatic N) is 4. The van der Waals surface area contributed by atoms with E-state index in [4.69, 9.17) is 68.4 Å². The van der Waals surface area contributed by atoms with Gasteiger partial charge in [-0.2, -0.15) is 34.0 Å². The minimum Gasteiger partial charge on any atom is -0.480 e. The van der Waals surface area contributed by atoms with Gasteiger partial charge in [-0.05, 0) is 72.5 Å². The van der Waals surface area contributed by atoms with Crippen LogP contribution in [0.5, 0.6) is 0 Å². The van der Waals surface area contributed by atoms with E-state index >= 15 is 0 Å². The Labute approximate surface area is 432 Å². The predicted molar refractivity (Wildman–Crippen MR) is 269 cm³/mol. The summed E-state index contributed by atoms with van der Waals surface area (Å²) in [5.41, 5.74) is 12.9. The number of amidine groups is 2. The number of amides is 4. The normalized spacial score (nSPS) is 11.6. The van der Waals surface area contributed by atoms with Gasteiger partial charge in [-0.1, -0.05) is 82.8 Å². The predicted octanol–water partition coefficient (Wildman–Crippen LogP) is 4.79. The highest BCUT2D eigenvalue weighted by Gasteiger charge is 2.26. The number of benzene rings is 4. The number of halogens is 4. The molecule has 25 heteroatoms. The van der Waals surface area contributed by atoms with Crippen LogP contribution in [0.1, 0.15) is 78.2 Å². The molecule has 4 aromatic rings. The van der Waals surface area contributed by atoms with Crippen LogP contribution >= 0.6 is 59.9 Å². The quantitative estimate of drug-likeness (QED) is 0.0298. The monoisotopic (exact) mass is 1070 g/mol. The molecule has 4 rings (SSSR count). The third-order valence-electron chi connectivity index (χ3n) is 9.44. The summed E-state index contributed by atoms with van der Waals surface area (Å²) in [5, 5.41) is 45.7. The summed E-state index contributed by atoms with van der Waals surface area (Å²) in [7, 11) is 0. The molecule has 1 unspecified atom stereocenters. The fourth-order valence-electron chi connectivity index (χ4n) is 6.03. The van der Waals surface area contributed by atoms with Crippen molar-refractivity contribution in [1.29, 1.82) is 10.5 Å². The Kier molecular flexibility index (Phi) is 25.3. The molecule has 0 bridgehead atoms. The van der Waals surface area contributed by atoms with Gasteiger partial charge in [0.15, 0.2) is 11.6 Å². The molecule has 372 valence electrons. The van der Waals surface area contributed by atoms with E-state index in [1.54, 1.807) is 48.8 Å². The molecule has 0 saturated carbocycles. The number of carboxylic acid groups (broad SMARTS) is 2. The molecule has 0 aliphatic heterocycles. The molecule has 0 heterocycles. The lowest BCUT2D eigenvalue weighted by atomic mass is 10.1. The number of aliphatic imine (C=N–C) groups is 2. The number of rotatable bonds is 22. The molecule has 20 nitrogen and oxygen atoms in total. The molecule has 4 amide bonds. The van der Waals surface area contributed by atoms with Gasteiger partial charge in [0.1, 0.15) is 23.8 Å². The van der Waals surface area contributed by atoms with Crippen LogP contribution < -0.4 is 32.7 Å². The van der Waals surface area contributed by atoms with Crippen molar-refractivity contribution in [2.45, 2.75) is 50.6 Å². The van der Waals surface area contributed by atoms with Crippen LogP contribution in [-0.2, 0) is 32.0 Å². The standard InChI is InChI=1S/2C23H21Cl2N5O5.H2S/c2*24-16-5-2-6-17(25)20(16)22(33)30-18(23(34)35)8-7-15(31)11-28-21(32)14-4-1-3-13(9-14)10-19(27)29-12-26;/h2*1-6,9,18H,7-8,10-11H2,(H2,27,29)(H,28,32)(H,30,33)(H,34,35);1H2/t18-;;/m0../s1. The fourth-order valence-corrected chi connectivity index (χ4v) is 7.16. The average Bonchev–Trinajstić information content (AvgIpc) is 3.30. The molecular formula is C46H44Cl4N10O10S. The summed E-state index contributed by atoms with van der Waals surface area (Å²) in [5.74, 6) is -5.96. The molecule has 0 fully saturated rings. The van der Waals surface area contributed by atoms with Gasteiger partial charge in [0.2, 0.25) is 12.4 Å². The maximum absolute atomic E-state index is 12.4. The highest BCUT2D eigenvalue weighted by atomic mass is 35.5. The highest BCUT2D eigenvalue weighted by Crippen LogP contribution is 2.25. The van der Waals surface area contributed by atoms with Crippen molar-refractivity contribution in [3.8, 4) is 12.4 Å². The Hall–Kier alpha value is -7.53. The second-order valence-corrected chi connectivity index (χ2v) is 16.2. The number of Topliss-reactive ketones (excluding diaryl/α,β-unsaturated/α-hetero) is 2. The van der Waals surface area contributed by atoms with Crippen molar-refractivity contribution in [3.63, 3.8) is 0 Å². The molecule has 4 aromatic carbocycles. The van der Waals surface area contributed by atoms with Crippen molar-refractivity contribution in [3.05, 3.63) is 138 Å². The molecule has 0 radical (unpaired) electrons. The summed E-state index contributed by atoms with van der Waals surface area (Å²) in [6, 6.07) is 18.9. The summed E-state index contributed by atoms with van der Waals surface area (Å²) in [4.78, 5) is 104. The first-order valence-corrected chi connectivity index (χ1v) is 21.9. The zero-order valence-corrected chi connectivity index (χ0v) is 41.0. The van der Waals surface area contributed by atoms with E-state index < -0.39 is 59.2 Å². The number of nitriles is 2. The van der Waals surface area contributed by atoms with Gasteiger partial charge in [-0.3, -0.25) is 28.8 Å². The SMILES string of the molecule is N#CN=C(N)Cc1cccc(C(=O)NCC(=O)CCC(NC(=O)c2c(Cl)cccc2Cl)C(=O)O)c1.N#CN=C(N)Cc1cccc(C(=O)NCC(=O)CC[C@H](NC(=O)c2c(Cl)cccc2Cl)C(=O)O)c1.S. The number of carbonyl (C=O) groups excluding carboxylic acids is 6. The number of carboxylic acids is 2. The van der Waals surface area contributed by atoms with Crippen LogP contribution in [0.25, 0.3) is 0 Å². The van der Waals surface area contributed by atoms with Crippen LogP contribution in [-0.4, -0.2) is 94.2 Å². The van der Waals surface area contributed by atoms with Crippen molar-refractivity contribution in [1.82, 2.24) is 21.3 Å². The first kappa shape index (κ1) is 59.6. The summed E-state index contributed by atoms with van der Waals surface area (Å²) in [6.45, 7) is -0.671. The van der Waals surface area contributed by atoms with Crippen molar-refractivity contribution in [2.75, 3.05) is 13.1 Å². The van der Waals surface area contributed by atoms with Gasteiger partial charge >= 0.3 is 11.9 Å². The van der Waals surface area contributed by atoms with Crippen LogP contribution in [0.2, 0.25) is 20.1 Å². The molecule has 0 aromatic heterocycles. The maximum Gasteiger partial charge on any atom is 0.326 e. The van der Waals surface area contributed by atoms with Gasteiger partial charge in [0.05, 0.1) is 44.3 Å². The van der Waals surface area contributed by atoms with Gasteiger partial charge in [0, 0.05) is 36.8 Å². The summed E-state index contributed by atoms with van der Waals surface area (Å²) in [6.07, 6.45) is 2.68. The second kappa shape index (κ2) is 30.2. The zero-order chi connectivity index (χ0) is 51.9. The number of nitrogens with two attached hydrogens (primary N) is 2. The fraction of sp³-hybridized carbons (Fsp3) is 0.217. The van der Waals surface area contributed by atoms with Crippen molar-refractivity contribution < 1.29 is 48.6 Å². The lowest BCUT2D eigenvalue weighted by molar-refractivity contribution is -0.140. The van der Waals surface area contributed by atoms with Crippen LogP contribution in [0, 0.1) is 22.9 Å². The highest BCUT2D eigenvalue weighted by molar-refractivity contribution is 7.59. The molecule has 0 spiro atoms.